The van der Waals surface area contributed by atoms with Gasteiger partial charge in [0.2, 0.25) is 0 Å². The predicted octanol–water partition coefficient (Wildman–Crippen LogP) is 2.65. The van der Waals surface area contributed by atoms with E-state index >= 15 is 0 Å². The molecule has 1 radical (unpaired) electrons. The van der Waals surface area contributed by atoms with Gasteiger partial charge in [-0.25, -0.2) is 0 Å². The van der Waals surface area contributed by atoms with Gasteiger partial charge in [0.1, 0.15) is 0 Å². The minimum absolute atomic E-state index is 0.962. The highest BCUT2D eigenvalue weighted by molar-refractivity contribution is 5.11. The summed E-state index contributed by atoms with van der Waals surface area (Å²) in [7, 11) is 0. The second kappa shape index (κ2) is 1.74. The fourth-order valence-corrected chi connectivity index (χ4v) is 2.55. The Balaban J connectivity index is 2.15. The molecule has 9 heavy (non-hydrogen) atoms. The lowest BCUT2D eigenvalue weighted by Gasteiger charge is -2.23. The van der Waals surface area contributed by atoms with E-state index in [0.717, 1.165) is 17.8 Å². The zero-order valence-electron chi connectivity index (χ0n) is 6.35. The van der Waals surface area contributed by atoms with Crippen molar-refractivity contribution in [3.05, 3.63) is 5.92 Å². The minimum Gasteiger partial charge on any atom is -0.0620 e. The molecule has 0 N–H and O–H groups in total. The Morgan fingerprint density at radius 2 is 2.11 bits per heavy atom. The average Bonchev–Trinajstić information content (AvgIpc) is 2.37. The van der Waals surface area contributed by atoms with Crippen molar-refractivity contribution in [1.29, 1.82) is 0 Å². The molecule has 0 heteroatoms. The molecule has 0 aromatic heterocycles. The molecule has 0 aromatic carbocycles. The highest BCUT2D eigenvalue weighted by Gasteiger charge is 2.42. The summed E-state index contributed by atoms with van der Waals surface area (Å²) in [5, 5.41) is 0. The fourth-order valence-electron chi connectivity index (χ4n) is 2.55. The van der Waals surface area contributed by atoms with Crippen LogP contribution >= 0.6 is 0 Å². The lowest BCUT2D eigenvalue weighted by Crippen LogP contribution is -2.15. The van der Waals surface area contributed by atoms with E-state index in [4.69, 9.17) is 0 Å². The lowest BCUT2D eigenvalue weighted by atomic mass is 9.82. The molecule has 0 amide bonds. The Morgan fingerprint density at radius 1 is 1.33 bits per heavy atom. The predicted molar refractivity (Wildman–Crippen MR) is 38.9 cm³/mol. The molecule has 0 saturated heterocycles. The summed E-state index contributed by atoms with van der Waals surface area (Å²) in [6, 6.07) is 0. The van der Waals surface area contributed by atoms with Gasteiger partial charge in [-0.1, -0.05) is 13.8 Å². The van der Waals surface area contributed by atoms with E-state index in [1.54, 1.807) is 0 Å². The largest absolute Gasteiger partial charge is 0.0620 e. The van der Waals surface area contributed by atoms with Crippen LogP contribution < -0.4 is 0 Å². The normalized spacial score (nSPS) is 50.7. The maximum atomic E-state index is 2.42. The summed E-state index contributed by atoms with van der Waals surface area (Å²) < 4.78 is 0. The van der Waals surface area contributed by atoms with Gasteiger partial charge >= 0.3 is 0 Å². The Labute approximate surface area is 57.6 Å². The molecule has 2 rings (SSSR count). The van der Waals surface area contributed by atoms with Crippen molar-refractivity contribution in [2.75, 3.05) is 0 Å². The molecule has 2 aliphatic rings. The molecule has 0 aromatic rings. The Bertz CT molecular complexity index is 99.2. The highest BCUT2D eigenvalue weighted by atomic mass is 14.5. The van der Waals surface area contributed by atoms with Crippen LogP contribution in [0.5, 0.6) is 0 Å². The van der Waals surface area contributed by atoms with Crippen LogP contribution in [-0.4, -0.2) is 0 Å². The van der Waals surface area contributed by atoms with E-state index < -0.39 is 0 Å². The van der Waals surface area contributed by atoms with Crippen molar-refractivity contribution < 1.29 is 0 Å². The van der Waals surface area contributed by atoms with E-state index in [9.17, 15) is 0 Å². The topological polar surface area (TPSA) is 0 Å². The molecule has 2 fully saturated rings. The lowest BCUT2D eigenvalue weighted by molar-refractivity contribution is 0.314. The zero-order chi connectivity index (χ0) is 6.43. The number of hydrogen-bond acceptors (Lipinski definition) is 0. The van der Waals surface area contributed by atoms with Gasteiger partial charge in [-0.3, -0.25) is 0 Å². The second-order valence-corrected chi connectivity index (χ2v) is 3.81. The zero-order valence-corrected chi connectivity index (χ0v) is 6.35. The summed E-state index contributed by atoms with van der Waals surface area (Å²) in [6.07, 6.45) is 4.43. The van der Waals surface area contributed by atoms with Gasteiger partial charge in [0, 0.05) is 0 Å². The van der Waals surface area contributed by atoms with Crippen LogP contribution in [-0.2, 0) is 0 Å². The molecule has 3 atom stereocenters. The molecular weight excluding hydrogens is 108 g/mol. The van der Waals surface area contributed by atoms with Crippen molar-refractivity contribution in [2.24, 2.45) is 17.8 Å². The summed E-state index contributed by atoms with van der Waals surface area (Å²) >= 11 is 0. The highest BCUT2D eigenvalue weighted by Crippen LogP contribution is 2.52. The van der Waals surface area contributed by atoms with Crippen LogP contribution in [0.4, 0.5) is 0 Å². The molecule has 2 aliphatic carbocycles. The number of fused-ring (bicyclic) bond motifs is 2. The molecule has 3 unspecified atom stereocenters. The molecule has 2 saturated carbocycles. The maximum Gasteiger partial charge on any atom is -0.0207 e. The Hall–Kier alpha value is 0. The van der Waals surface area contributed by atoms with Crippen molar-refractivity contribution in [2.45, 2.75) is 33.1 Å². The number of rotatable bonds is 0. The smallest absolute Gasteiger partial charge is 0.0207 e. The van der Waals surface area contributed by atoms with Crippen LogP contribution in [0.15, 0.2) is 0 Å². The fraction of sp³-hybridized carbons (Fsp3) is 0.889. The molecule has 2 bridgehead atoms. The van der Waals surface area contributed by atoms with Crippen molar-refractivity contribution in [3.63, 3.8) is 0 Å². The molecule has 0 nitrogen and oxygen atoms in total. The first kappa shape index (κ1) is 5.76. The van der Waals surface area contributed by atoms with Crippen LogP contribution in [0, 0.1) is 23.7 Å². The Kier molecular flexibility index (Phi) is 1.12. The number of hydrogen-bond donors (Lipinski definition) is 0. The van der Waals surface area contributed by atoms with Crippen LogP contribution in [0.25, 0.3) is 0 Å². The standard InChI is InChI=1S/C9H15/c1-6-7(2)9-4-3-8(6)5-9/h6-8H,3-5H2,1-2H3. The third-order valence-electron chi connectivity index (χ3n) is 3.54. The molecule has 51 valence electrons. The summed E-state index contributed by atoms with van der Waals surface area (Å²) in [5.74, 6) is 4.92. The van der Waals surface area contributed by atoms with Gasteiger partial charge in [-0.15, -0.1) is 0 Å². The first-order valence-electron chi connectivity index (χ1n) is 4.13. The second-order valence-electron chi connectivity index (χ2n) is 3.81. The third-order valence-corrected chi connectivity index (χ3v) is 3.54. The third kappa shape index (κ3) is 0.653. The summed E-state index contributed by atoms with van der Waals surface area (Å²) in [5.41, 5.74) is 0. The van der Waals surface area contributed by atoms with E-state index in [1.807, 2.05) is 5.92 Å². The molecule has 0 aliphatic heterocycles. The van der Waals surface area contributed by atoms with Crippen LogP contribution in [0.2, 0.25) is 0 Å². The van der Waals surface area contributed by atoms with Gasteiger partial charge < -0.3 is 0 Å². The van der Waals surface area contributed by atoms with Crippen molar-refractivity contribution in [1.82, 2.24) is 0 Å². The SMILES string of the molecule is CC1[C]2CCC(C2)C1C. The van der Waals surface area contributed by atoms with Crippen molar-refractivity contribution in [3.8, 4) is 0 Å². The molecule has 0 spiro atoms. The monoisotopic (exact) mass is 123 g/mol. The first-order valence-corrected chi connectivity index (χ1v) is 4.13. The minimum atomic E-state index is 0.962. The van der Waals surface area contributed by atoms with Gasteiger partial charge in [0.25, 0.3) is 0 Å². The van der Waals surface area contributed by atoms with Crippen LogP contribution in [0.1, 0.15) is 33.1 Å². The quantitative estimate of drug-likeness (QED) is 0.464. The maximum absolute atomic E-state index is 2.42. The van der Waals surface area contributed by atoms with E-state index in [1.165, 1.54) is 19.3 Å². The average molecular weight is 123 g/mol. The molecule has 0 heterocycles. The van der Waals surface area contributed by atoms with Gasteiger partial charge in [0.15, 0.2) is 0 Å². The summed E-state index contributed by atoms with van der Waals surface area (Å²) in [4.78, 5) is 0. The van der Waals surface area contributed by atoms with Crippen molar-refractivity contribution >= 4 is 0 Å². The van der Waals surface area contributed by atoms with Gasteiger partial charge in [-0.05, 0) is 42.9 Å². The Morgan fingerprint density at radius 3 is 2.44 bits per heavy atom. The van der Waals surface area contributed by atoms with E-state index in [0.29, 0.717) is 0 Å². The van der Waals surface area contributed by atoms with Gasteiger partial charge in [0.05, 0.1) is 0 Å². The van der Waals surface area contributed by atoms with Gasteiger partial charge in [-0.2, -0.15) is 0 Å². The van der Waals surface area contributed by atoms with E-state index in [2.05, 4.69) is 13.8 Å². The molecular formula is C9H15. The first-order chi connectivity index (χ1) is 4.29. The van der Waals surface area contributed by atoms with Crippen LogP contribution in [0.3, 0.4) is 0 Å². The summed E-state index contributed by atoms with van der Waals surface area (Å²) in [6.45, 7) is 4.82. The van der Waals surface area contributed by atoms with E-state index in [-0.39, 0.29) is 0 Å².